The van der Waals surface area contributed by atoms with Gasteiger partial charge in [-0.1, -0.05) is 60.7 Å². The van der Waals surface area contributed by atoms with Crippen molar-refractivity contribution in [1.82, 2.24) is 10.6 Å². The molecule has 3 rings (SSSR count). The number of hydrogen-bond donors (Lipinski definition) is 2. The van der Waals surface area contributed by atoms with Gasteiger partial charge in [0.05, 0.1) is 0 Å². The maximum Gasteiger partial charge on any atom is 0.191 e. The molecule has 0 spiro atoms. The predicted molar refractivity (Wildman–Crippen MR) is 92.3 cm³/mol. The normalized spacial score (nSPS) is 14.9. The van der Waals surface area contributed by atoms with Crippen molar-refractivity contribution in [3.63, 3.8) is 0 Å². The van der Waals surface area contributed by atoms with E-state index >= 15 is 0 Å². The summed E-state index contributed by atoms with van der Waals surface area (Å²) >= 11 is 0. The summed E-state index contributed by atoms with van der Waals surface area (Å²) in [7, 11) is 0. The van der Waals surface area contributed by atoms with Crippen LogP contribution in [0.25, 0.3) is 0 Å². The second-order valence-corrected chi connectivity index (χ2v) is 5.62. The minimum Gasteiger partial charge on any atom is -0.356 e. The van der Waals surface area contributed by atoms with Crippen molar-refractivity contribution >= 4 is 5.96 Å². The molecule has 3 nitrogen and oxygen atoms in total. The van der Waals surface area contributed by atoms with Gasteiger partial charge in [0.2, 0.25) is 0 Å². The first-order valence-electron chi connectivity index (χ1n) is 8.05. The van der Waals surface area contributed by atoms with Gasteiger partial charge in [-0.3, -0.25) is 4.99 Å². The Hall–Kier alpha value is -2.29. The van der Waals surface area contributed by atoms with Crippen LogP contribution < -0.4 is 10.6 Å². The summed E-state index contributed by atoms with van der Waals surface area (Å²) in [5, 5.41) is 6.88. The molecule has 0 atom stereocenters. The van der Waals surface area contributed by atoms with Gasteiger partial charge in [0, 0.05) is 25.6 Å². The smallest absolute Gasteiger partial charge is 0.191 e. The fourth-order valence-electron chi connectivity index (χ4n) is 2.81. The van der Waals surface area contributed by atoms with Crippen LogP contribution in [0.2, 0.25) is 0 Å². The molecule has 0 fully saturated rings. The first kappa shape index (κ1) is 14.6. The SMILES string of the molecule is c1ccc(C(CNC2=NCCCCN2)c2ccccc2)cc1. The van der Waals surface area contributed by atoms with Gasteiger partial charge in [-0.25, -0.2) is 0 Å². The lowest BCUT2D eigenvalue weighted by Crippen LogP contribution is -2.39. The highest BCUT2D eigenvalue weighted by molar-refractivity contribution is 5.80. The van der Waals surface area contributed by atoms with Gasteiger partial charge in [-0.15, -0.1) is 0 Å². The van der Waals surface area contributed by atoms with Gasteiger partial charge in [-0.05, 0) is 24.0 Å². The molecule has 0 saturated heterocycles. The molecule has 0 radical (unpaired) electrons. The molecule has 2 aromatic rings. The lowest BCUT2D eigenvalue weighted by atomic mass is 9.91. The zero-order valence-corrected chi connectivity index (χ0v) is 12.8. The second kappa shape index (κ2) is 7.64. The first-order valence-corrected chi connectivity index (χ1v) is 8.05. The molecule has 2 aromatic carbocycles. The molecule has 3 heteroatoms. The van der Waals surface area contributed by atoms with E-state index in [1.54, 1.807) is 0 Å². The fourth-order valence-corrected chi connectivity index (χ4v) is 2.81. The Morgan fingerprint density at radius 3 is 2.18 bits per heavy atom. The largest absolute Gasteiger partial charge is 0.356 e. The van der Waals surface area contributed by atoms with Crippen molar-refractivity contribution < 1.29 is 0 Å². The van der Waals surface area contributed by atoms with E-state index in [2.05, 4.69) is 76.3 Å². The summed E-state index contributed by atoms with van der Waals surface area (Å²) in [6, 6.07) is 21.3. The molecule has 0 unspecified atom stereocenters. The zero-order valence-electron chi connectivity index (χ0n) is 12.8. The monoisotopic (exact) mass is 293 g/mol. The molecular formula is C19H23N3. The number of rotatable bonds is 4. The molecule has 2 N–H and O–H groups in total. The Bertz CT molecular complexity index is 553. The Kier molecular flexibility index (Phi) is 5.09. The molecule has 22 heavy (non-hydrogen) atoms. The average Bonchev–Trinajstić information content (AvgIpc) is 2.86. The van der Waals surface area contributed by atoms with Crippen molar-refractivity contribution in [3.05, 3.63) is 71.8 Å². The second-order valence-electron chi connectivity index (χ2n) is 5.62. The quantitative estimate of drug-likeness (QED) is 0.908. The summed E-state index contributed by atoms with van der Waals surface area (Å²) in [5.74, 6) is 1.27. The molecule has 114 valence electrons. The highest BCUT2D eigenvalue weighted by atomic mass is 15.2. The lowest BCUT2D eigenvalue weighted by molar-refractivity contribution is 0.721. The number of nitrogens with one attached hydrogen (secondary N) is 2. The van der Waals surface area contributed by atoms with E-state index in [-0.39, 0.29) is 0 Å². The van der Waals surface area contributed by atoms with E-state index in [9.17, 15) is 0 Å². The maximum atomic E-state index is 4.58. The van der Waals surface area contributed by atoms with Crippen molar-refractivity contribution in [2.24, 2.45) is 4.99 Å². The van der Waals surface area contributed by atoms with E-state index in [4.69, 9.17) is 0 Å². The molecule has 0 aromatic heterocycles. The third-order valence-electron chi connectivity index (χ3n) is 4.02. The van der Waals surface area contributed by atoms with E-state index in [0.29, 0.717) is 5.92 Å². The number of benzene rings is 2. The summed E-state index contributed by atoms with van der Waals surface area (Å²) in [5.41, 5.74) is 2.66. The Balaban J connectivity index is 1.76. The first-order chi connectivity index (χ1) is 10.9. The van der Waals surface area contributed by atoms with Crippen molar-refractivity contribution in [1.29, 1.82) is 0 Å². The third-order valence-corrected chi connectivity index (χ3v) is 4.02. The van der Waals surface area contributed by atoms with Crippen LogP contribution in [0.15, 0.2) is 65.7 Å². The zero-order chi connectivity index (χ0) is 15.0. The van der Waals surface area contributed by atoms with Crippen LogP contribution in [0, 0.1) is 0 Å². The number of aliphatic imine (C=N–C) groups is 1. The topological polar surface area (TPSA) is 36.4 Å². The van der Waals surface area contributed by atoms with Crippen LogP contribution in [-0.4, -0.2) is 25.6 Å². The summed E-state index contributed by atoms with van der Waals surface area (Å²) in [6.07, 6.45) is 2.36. The summed E-state index contributed by atoms with van der Waals surface area (Å²) in [6.45, 7) is 2.77. The Labute approximate surface area is 132 Å². The van der Waals surface area contributed by atoms with Crippen molar-refractivity contribution in [2.75, 3.05) is 19.6 Å². The predicted octanol–water partition coefficient (Wildman–Crippen LogP) is 3.15. The highest BCUT2D eigenvalue weighted by Crippen LogP contribution is 2.23. The van der Waals surface area contributed by atoms with Crippen LogP contribution in [-0.2, 0) is 0 Å². The van der Waals surface area contributed by atoms with E-state index in [1.807, 2.05) is 0 Å². The lowest BCUT2D eigenvalue weighted by Gasteiger charge is -2.20. The fraction of sp³-hybridized carbons (Fsp3) is 0.316. The van der Waals surface area contributed by atoms with Crippen molar-refractivity contribution in [3.8, 4) is 0 Å². The van der Waals surface area contributed by atoms with Crippen LogP contribution in [0.1, 0.15) is 29.9 Å². The minimum atomic E-state index is 0.329. The molecular weight excluding hydrogens is 270 g/mol. The highest BCUT2D eigenvalue weighted by Gasteiger charge is 2.14. The van der Waals surface area contributed by atoms with Crippen LogP contribution in [0.5, 0.6) is 0 Å². The summed E-state index contributed by atoms with van der Waals surface area (Å²) < 4.78 is 0. The molecule has 0 aliphatic carbocycles. The summed E-state index contributed by atoms with van der Waals surface area (Å²) in [4.78, 5) is 4.58. The Morgan fingerprint density at radius 1 is 0.909 bits per heavy atom. The molecule has 1 aliphatic heterocycles. The van der Waals surface area contributed by atoms with Crippen molar-refractivity contribution in [2.45, 2.75) is 18.8 Å². The number of hydrogen-bond acceptors (Lipinski definition) is 3. The molecule has 1 aliphatic rings. The van der Waals surface area contributed by atoms with Gasteiger partial charge in [0.15, 0.2) is 5.96 Å². The average molecular weight is 293 g/mol. The van der Waals surface area contributed by atoms with Gasteiger partial charge < -0.3 is 10.6 Å². The molecule has 0 amide bonds. The van der Waals surface area contributed by atoms with Gasteiger partial charge >= 0.3 is 0 Å². The number of nitrogens with zero attached hydrogens (tertiary/aromatic N) is 1. The minimum absolute atomic E-state index is 0.329. The van der Waals surface area contributed by atoms with Gasteiger partial charge in [0.1, 0.15) is 0 Å². The van der Waals surface area contributed by atoms with Gasteiger partial charge in [0.25, 0.3) is 0 Å². The Morgan fingerprint density at radius 2 is 1.55 bits per heavy atom. The van der Waals surface area contributed by atoms with E-state index in [1.165, 1.54) is 24.0 Å². The standard InChI is InChI=1S/C19H23N3/c1-3-9-16(10-4-1)18(17-11-5-2-6-12-17)15-22-19-20-13-7-8-14-21-19/h1-6,9-12,18H,7-8,13-15H2,(H2,20,21,22). The maximum absolute atomic E-state index is 4.58. The van der Waals surface area contributed by atoms with Gasteiger partial charge in [-0.2, -0.15) is 0 Å². The molecule has 0 saturated carbocycles. The van der Waals surface area contributed by atoms with Crippen LogP contribution >= 0.6 is 0 Å². The molecule has 0 bridgehead atoms. The third kappa shape index (κ3) is 3.88. The molecule has 1 heterocycles. The van der Waals surface area contributed by atoms with E-state index in [0.717, 1.165) is 25.6 Å². The van der Waals surface area contributed by atoms with Crippen LogP contribution in [0.4, 0.5) is 0 Å². The van der Waals surface area contributed by atoms with E-state index < -0.39 is 0 Å². The number of guanidine groups is 1. The van der Waals surface area contributed by atoms with Crippen LogP contribution in [0.3, 0.4) is 0 Å².